The van der Waals surface area contributed by atoms with Gasteiger partial charge in [0.15, 0.2) is 24.6 Å². The van der Waals surface area contributed by atoms with Gasteiger partial charge in [-0.25, -0.2) is 9.97 Å². The van der Waals surface area contributed by atoms with E-state index in [-0.39, 0.29) is 27.2 Å². The quantitative estimate of drug-likeness (QED) is 0.106. The predicted molar refractivity (Wildman–Crippen MR) is 193 cm³/mol. The van der Waals surface area contributed by atoms with Crippen molar-refractivity contribution in [1.29, 1.82) is 0 Å². The molecule has 0 bridgehead atoms. The Kier molecular flexibility index (Phi) is 11.1. The minimum Gasteiger partial charge on any atom is -0.484 e. The predicted octanol–water partition coefficient (Wildman–Crippen LogP) is 7.08. The highest BCUT2D eigenvalue weighted by Crippen LogP contribution is 2.36. The fourth-order valence-corrected chi connectivity index (χ4v) is 4.88. The molecule has 1 N–H and O–H groups in total. The van der Waals surface area contributed by atoms with Crippen LogP contribution < -0.4 is 31.7 Å². The lowest BCUT2D eigenvalue weighted by molar-refractivity contribution is -0.154. The largest absolute Gasteiger partial charge is 0.484 e. The second kappa shape index (κ2) is 17.5. The van der Waals surface area contributed by atoms with Crippen LogP contribution in [0.4, 0.5) is 52.7 Å². The number of nitrogens with one attached hydrogen (secondary N) is 1. The number of benzene rings is 2. The van der Waals surface area contributed by atoms with E-state index in [1.807, 2.05) is 4.98 Å². The highest BCUT2D eigenvalue weighted by atomic mass is 127. The van der Waals surface area contributed by atoms with Crippen LogP contribution in [0.25, 0.3) is 33.8 Å². The van der Waals surface area contributed by atoms with Gasteiger partial charge in [-0.3, -0.25) is 37.5 Å². The minimum atomic E-state index is -5.24. The summed E-state index contributed by atoms with van der Waals surface area (Å²) in [4.78, 5) is 55.5. The molecule has 6 aromatic rings. The Balaban J connectivity index is 0.000000259. The molecule has 25 heteroatoms. The summed E-state index contributed by atoms with van der Waals surface area (Å²) in [5.41, 5.74) is -10.1. The molecule has 0 aliphatic carbocycles. The van der Waals surface area contributed by atoms with Gasteiger partial charge in [-0.2, -0.15) is 52.7 Å². The number of hydrogen-bond acceptors (Lipinski definition) is 8. The van der Waals surface area contributed by atoms with Crippen molar-refractivity contribution in [2.45, 2.75) is 24.7 Å². The summed E-state index contributed by atoms with van der Waals surface area (Å²) in [6.07, 6.45) is -17.7. The van der Waals surface area contributed by atoms with Gasteiger partial charge in [0.2, 0.25) is 11.6 Å². The minimum absolute atomic E-state index is 0.0263. The van der Waals surface area contributed by atoms with E-state index in [4.69, 9.17) is 8.22 Å². The van der Waals surface area contributed by atoms with Crippen molar-refractivity contribution >= 4 is 34.1 Å². The highest BCUT2D eigenvalue weighted by Gasteiger charge is 2.39. The molecule has 316 valence electrons. The van der Waals surface area contributed by atoms with Crippen molar-refractivity contribution in [1.82, 2.24) is 28.3 Å². The fourth-order valence-electron chi connectivity index (χ4n) is 4.88. The third-order valence-corrected chi connectivity index (χ3v) is 7.24. The van der Waals surface area contributed by atoms with Crippen LogP contribution in [0.15, 0.2) is 92.2 Å². The molecule has 0 spiro atoms. The monoisotopic (exact) mass is 972 g/mol. The second-order valence-corrected chi connectivity index (χ2v) is 11.3. The number of alkyl halides is 13. The number of aromatic nitrogens is 6. The maximum Gasteiger partial charge on any atom is 0.434 e. The van der Waals surface area contributed by atoms with Crippen molar-refractivity contribution < 1.29 is 70.4 Å². The molecule has 2 aromatic carbocycles. The zero-order valence-electron chi connectivity index (χ0n) is 34.4. The molecule has 0 aliphatic heterocycles. The Morgan fingerprint density at radius 2 is 1.07 bits per heavy atom. The molecule has 6 rings (SSSR count). The van der Waals surface area contributed by atoms with E-state index < -0.39 is 106 Å². The molecule has 0 saturated heterocycles. The smallest absolute Gasteiger partial charge is 0.434 e. The maximum atomic E-state index is 13.7. The topological polar surface area (TPSA) is 142 Å². The number of fused-ring (bicyclic) bond motifs is 2. The molecule has 12 nitrogen and oxygen atoms in total. The molecule has 0 unspecified atom stereocenters. The number of rotatable bonds is 6. The van der Waals surface area contributed by atoms with E-state index >= 15 is 0 Å². The summed E-state index contributed by atoms with van der Waals surface area (Å²) in [5, 5.41) is 0. The molecule has 0 radical (unpaired) electrons. The lowest BCUT2D eigenvalue weighted by Crippen LogP contribution is -2.29. The van der Waals surface area contributed by atoms with Crippen LogP contribution in [-0.2, 0) is 19.3 Å². The van der Waals surface area contributed by atoms with E-state index in [1.165, 1.54) is 22.6 Å². The molecule has 0 saturated carbocycles. The molecular weight excluding hydrogens is 943 g/mol. The summed E-state index contributed by atoms with van der Waals surface area (Å²) in [6.45, 7) is -6.44. The summed E-state index contributed by atoms with van der Waals surface area (Å²) in [6, 6.07) is 9.34. The standard InChI is InChI=1S/C17H11F6N3O3.C16H9F6N3O3.CH3I/c1-25-11(27)6-7-26-14(28)12(13(17(21,22)23)24-15(25)26)9-2-4-10(5-3-9)29-8-16(18,19)20;17-15(18,19)7-28-9-3-1-8(2-4-9)11-12(16(20,21)22)24-14-23-10(26)5-6-25(14)13(11)27;1-2/h2-7H,8H2,1H3;1-6H,7H2,(H,23,24,26);1H3/i1D3;;1D3. The highest BCUT2D eigenvalue weighted by molar-refractivity contribution is 14.1. The van der Waals surface area contributed by atoms with Gasteiger partial charge in [0, 0.05) is 39.7 Å². The maximum absolute atomic E-state index is 13.7. The normalized spacial score (nSPS) is 14.0. The van der Waals surface area contributed by atoms with Crippen molar-refractivity contribution in [3.63, 3.8) is 0 Å². The zero-order chi connectivity index (χ0) is 49.2. The van der Waals surface area contributed by atoms with Gasteiger partial charge in [0.05, 0.1) is 11.1 Å². The second-order valence-electron chi connectivity index (χ2n) is 11.3. The summed E-state index contributed by atoms with van der Waals surface area (Å²) in [7, 11) is 0. The van der Waals surface area contributed by atoms with Crippen LogP contribution in [-0.4, -0.2) is 58.7 Å². The molecule has 0 aliphatic rings. The lowest BCUT2D eigenvalue weighted by atomic mass is 10.0. The number of hydrogen-bond donors (Lipinski definition) is 1. The lowest BCUT2D eigenvalue weighted by Gasteiger charge is -2.15. The Bertz CT molecular complexity index is 2910. The number of aromatic amines is 1. The molecule has 4 aromatic heterocycles. The van der Waals surface area contributed by atoms with Crippen LogP contribution in [0.3, 0.4) is 0 Å². The van der Waals surface area contributed by atoms with Crippen LogP contribution in [0.1, 0.15) is 19.6 Å². The molecule has 59 heavy (non-hydrogen) atoms. The number of nitrogens with zero attached hydrogens (tertiary/aromatic N) is 5. The molecule has 4 heterocycles. The van der Waals surface area contributed by atoms with Gasteiger partial charge in [-0.05, 0) is 40.3 Å². The Labute approximate surface area is 341 Å². The first-order chi connectivity index (χ1) is 29.5. The summed E-state index contributed by atoms with van der Waals surface area (Å²) in [5.74, 6) is -2.21. The molecule has 0 fully saturated rings. The third-order valence-electron chi connectivity index (χ3n) is 7.24. The van der Waals surface area contributed by atoms with Crippen molar-refractivity contribution in [3.05, 3.63) is 126 Å². The number of ether oxygens (including phenoxy) is 2. The molecule has 0 amide bonds. The Morgan fingerprint density at radius 1 is 0.644 bits per heavy atom. The van der Waals surface area contributed by atoms with E-state index in [1.54, 1.807) is 0 Å². The SMILES string of the molecule is O=c1ccn2c(=O)c(-c3ccc(OCC(F)(F)F)cc3)c(C(F)(F)F)nc2[nH]1.[2H]C([2H])([2H])I.[2H]C([2H])([2H])n1c(=O)ccn2c(=O)c(-c3ccc(OCC(F)(F)F)cc3)c(C(F)(F)F)nc12. The Hall–Kier alpha value is -5.89. The fraction of sp³-hybridized carbons (Fsp3) is 0.235. The van der Waals surface area contributed by atoms with E-state index in [0.717, 1.165) is 71.4 Å². The zero-order valence-corrected chi connectivity index (χ0v) is 30.6. The van der Waals surface area contributed by atoms with Gasteiger partial charge < -0.3 is 9.47 Å². The third kappa shape index (κ3) is 11.2. The number of aryl methyl sites for hydroxylation is 1. The van der Waals surface area contributed by atoms with Gasteiger partial charge in [-0.15, -0.1) is 0 Å². The first-order valence-corrected chi connectivity index (χ1v) is 16.4. The van der Waals surface area contributed by atoms with Crippen molar-refractivity contribution in [2.75, 3.05) is 18.1 Å². The van der Waals surface area contributed by atoms with Gasteiger partial charge in [0.25, 0.3) is 22.2 Å². The van der Waals surface area contributed by atoms with Crippen LogP contribution in [0.5, 0.6) is 11.5 Å². The Morgan fingerprint density at radius 3 is 1.49 bits per heavy atom. The average molecular weight is 973 g/mol. The van der Waals surface area contributed by atoms with E-state index in [0.29, 0.717) is 10.5 Å². The average Bonchev–Trinajstić information content (AvgIpc) is 3.14. The van der Waals surface area contributed by atoms with E-state index in [9.17, 15) is 71.9 Å². The number of halogens is 13. The first-order valence-electron chi connectivity index (χ1n) is 18.3. The molecular formula is C34H23F12IN6O6. The van der Waals surface area contributed by atoms with Crippen molar-refractivity contribution in [3.8, 4) is 33.8 Å². The van der Waals surface area contributed by atoms with E-state index in [2.05, 4.69) is 19.4 Å². The van der Waals surface area contributed by atoms with Gasteiger partial charge in [-0.1, -0.05) is 46.9 Å². The van der Waals surface area contributed by atoms with Crippen LogP contribution in [0, 0.1) is 0 Å². The molecule has 0 atom stereocenters. The summed E-state index contributed by atoms with van der Waals surface area (Å²) < 4.78 is 206. The van der Waals surface area contributed by atoms with Crippen LogP contribution >= 0.6 is 22.6 Å². The first kappa shape index (κ1) is 37.4. The number of H-pyrrole nitrogens is 1. The van der Waals surface area contributed by atoms with Gasteiger partial charge in [0.1, 0.15) is 11.5 Å². The van der Waals surface area contributed by atoms with Crippen LogP contribution in [0.2, 0.25) is 0 Å². The van der Waals surface area contributed by atoms with Crippen molar-refractivity contribution in [2.24, 2.45) is 6.98 Å². The summed E-state index contributed by atoms with van der Waals surface area (Å²) >= 11 is 1.38. The van der Waals surface area contributed by atoms with Gasteiger partial charge >= 0.3 is 24.7 Å².